The van der Waals surface area contributed by atoms with E-state index in [2.05, 4.69) is 10.3 Å². The van der Waals surface area contributed by atoms with Gasteiger partial charge in [0.1, 0.15) is 0 Å². The summed E-state index contributed by atoms with van der Waals surface area (Å²) < 4.78 is 1.86. The van der Waals surface area contributed by atoms with Crippen LogP contribution in [-0.4, -0.2) is 22.0 Å². The van der Waals surface area contributed by atoms with E-state index in [-0.39, 0.29) is 5.91 Å². The van der Waals surface area contributed by atoms with Gasteiger partial charge in [-0.3, -0.25) is 4.79 Å². The number of hydrogen-bond acceptors (Lipinski definition) is 2. The van der Waals surface area contributed by atoms with Crippen molar-refractivity contribution in [3.05, 3.63) is 18.2 Å². The van der Waals surface area contributed by atoms with Crippen LogP contribution in [0.1, 0.15) is 31.3 Å². The zero-order valence-electron chi connectivity index (χ0n) is 9.03. The van der Waals surface area contributed by atoms with Crippen molar-refractivity contribution in [1.82, 2.24) is 14.9 Å². The third-order valence-electron chi connectivity index (χ3n) is 2.12. The Kier molecular flexibility index (Phi) is 4.62. The van der Waals surface area contributed by atoms with Gasteiger partial charge in [-0.1, -0.05) is 6.92 Å². The number of amides is 1. The van der Waals surface area contributed by atoms with Crippen molar-refractivity contribution in [3.8, 4) is 0 Å². The molecule has 84 valence electrons. The largest absolute Gasteiger partial charge is 0.354 e. The smallest absolute Gasteiger partial charge is 0.244 e. The molecule has 1 amide bonds. The first-order chi connectivity index (χ1) is 7.20. The van der Waals surface area contributed by atoms with Crippen LogP contribution in [0, 0.1) is 0 Å². The Bertz CT molecular complexity index is 324. The van der Waals surface area contributed by atoms with Gasteiger partial charge < -0.3 is 9.88 Å². The maximum atomic E-state index is 11.6. The first-order valence-corrected chi connectivity index (χ1v) is 5.56. The number of alkyl halides is 1. The molecule has 1 rings (SSSR count). The van der Waals surface area contributed by atoms with E-state index >= 15 is 0 Å². The molecular formula is C10H16ClN3O. The van der Waals surface area contributed by atoms with E-state index in [1.807, 2.05) is 18.4 Å². The Morgan fingerprint density at radius 2 is 2.40 bits per heavy atom. The van der Waals surface area contributed by atoms with Crippen LogP contribution in [0.15, 0.2) is 12.5 Å². The molecule has 0 aliphatic rings. The third-order valence-corrected chi connectivity index (χ3v) is 2.55. The first kappa shape index (κ1) is 12.0. The lowest BCUT2D eigenvalue weighted by atomic mass is 10.3. The quantitative estimate of drug-likeness (QED) is 0.782. The predicted molar refractivity (Wildman–Crippen MR) is 59.8 cm³/mol. The molecule has 1 atom stereocenters. The van der Waals surface area contributed by atoms with Gasteiger partial charge in [0.15, 0.2) is 5.38 Å². The van der Waals surface area contributed by atoms with Gasteiger partial charge in [-0.05, 0) is 13.3 Å². The van der Waals surface area contributed by atoms with E-state index in [4.69, 9.17) is 11.6 Å². The van der Waals surface area contributed by atoms with Crippen molar-refractivity contribution in [2.24, 2.45) is 0 Å². The molecule has 1 N–H and O–H groups in total. The van der Waals surface area contributed by atoms with Crippen LogP contribution in [0.3, 0.4) is 0 Å². The van der Waals surface area contributed by atoms with Gasteiger partial charge in [-0.15, -0.1) is 11.6 Å². The van der Waals surface area contributed by atoms with Crippen molar-refractivity contribution in [3.63, 3.8) is 0 Å². The maximum absolute atomic E-state index is 11.6. The lowest BCUT2D eigenvalue weighted by molar-refractivity contribution is -0.120. The lowest BCUT2D eigenvalue weighted by Gasteiger charge is -2.11. The topological polar surface area (TPSA) is 46.9 Å². The fourth-order valence-corrected chi connectivity index (χ4v) is 1.54. The Labute approximate surface area is 94.6 Å². The third kappa shape index (κ3) is 2.96. The Morgan fingerprint density at radius 1 is 1.67 bits per heavy atom. The molecule has 15 heavy (non-hydrogen) atoms. The minimum absolute atomic E-state index is 0.159. The van der Waals surface area contributed by atoms with Gasteiger partial charge in [-0.25, -0.2) is 4.98 Å². The summed E-state index contributed by atoms with van der Waals surface area (Å²) in [6.07, 6.45) is 4.22. The van der Waals surface area contributed by atoms with Crippen molar-refractivity contribution in [2.45, 2.75) is 32.2 Å². The van der Waals surface area contributed by atoms with E-state index in [1.165, 1.54) is 0 Å². The molecule has 0 radical (unpaired) electrons. The summed E-state index contributed by atoms with van der Waals surface area (Å²) >= 11 is 6.04. The SMILES string of the molecule is CCCNC(=O)C(Cl)c1cncn1CC. The molecule has 0 bridgehead atoms. The second-order valence-electron chi connectivity index (χ2n) is 3.26. The molecule has 0 aliphatic carbocycles. The van der Waals surface area contributed by atoms with E-state index in [0.717, 1.165) is 18.7 Å². The molecule has 5 heteroatoms. The summed E-state index contributed by atoms with van der Waals surface area (Å²) in [5, 5.41) is 2.11. The summed E-state index contributed by atoms with van der Waals surface area (Å²) in [4.78, 5) is 15.6. The molecule has 1 aromatic heterocycles. The second kappa shape index (κ2) is 5.75. The molecular weight excluding hydrogens is 214 g/mol. The number of imidazole rings is 1. The number of hydrogen-bond donors (Lipinski definition) is 1. The van der Waals surface area contributed by atoms with Crippen LogP contribution in [0.25, 0.3) is 0 Å². The van der Waals surface area contributed by atoms with Crippen LogP contribution in [0.5, 0.6) is 0 Å². The number of halogens is 1. The minimum Gasteiger partial charge on any atom is -0.354 e. The summed E-state index contributed by atoms with van der Waals surface area (Å²) in [5.74, 6) is -0.159. The molecule has 0 saturated carbocycles. The van der Waals surface area contributed by atoms with Gasteiger partial charge in [-0.2, -0.15) is 0 Å². The number of aromatic nitrogens is 2. The molecule has 0 aliphatic heterocycles. The number of nitrogens with one attached hydrogen (secondary N) is 1. The van der Waals surface area contributed by atoms with Crippen molar-refractivity contribution in [2.75, 3.05) is 6.54 Å². The van der Waals surface area contributed by atoms with Gasteiger partial charge in [0.25, 0.3) is 0 Å². The van der Waals surface area contributed by atoms with Crippen molar-refractivity contribution in [1.29, 1.82) is 0 Å². The molecule has 4 nitrogen and oxygen atoms in total. The standard InChI is InChI=1S/C10H16ClN3O/c1-3-5-13-10(15)9(11)8-6-12-7-14(8)4-2/h6-7,9H,3-5H2,1-2H3,(H,13,15). The molecule has 1 unspecified atom stereocenters. The molecule has 0 fully saturated rings. The number of aryl methyl sites for hydroxylation is 1. The Hall–Kier alpha value is -1.03. The fourth-order valence-electron chi connectivity index (χ4n) is 1.28. The fraction of sp³-hybridized carbons (Fsp3) is 0.600. The average molecular weight is 230 g/mol. The molecule has 0 aromatic carbocycles. The summed E-state index contributed by atoms with van der Waals surface area (Å²) in [7, 11) is 0. The maximum Gasteiger partial charge on any atom is 0.244 e. The Balaban J connectivity index is 2.67. The highest BCUT2D eigenvalue weighted by molar-refractivity contribution is 6.30. The second-order valence-corrected chi connectivity index (χ2v) is 3.69. The van der Waals surface area contributed by atoms with Gasteiger partial charge in [0.2, 0.25) is 5.91 Å². The van der Waals surface area contributed by atoms with Crippen molar-refractivity contribution < 1.29 is 4.79 Å². The summed E-state index contributed by atoms with van der Waals surface area (Å²) in [6.45, 7) is 5.40. The van der Waals surface area contributed by atoms with Crippen LogP contribution in [0.2, 0.25) is 0 Å². The van der Waals surface area contributed by atoms with Crippen LogP contribution >= 0.6 is 11.6 Å². The number of carbonyl (C=O) groups is 1. The van der Waals surface area contributed by atoms with E-state index < -0.39 is 5.38 Å². The zero-order chi connectivity index (χ0) is 11.3. The predicted octanol–water partition coefficient (Wildman–Crippen LogP) is 1.71. The lowest BCUT2D eigenvalue weighted by Crippen LogP contribution is -2.28. The highest BCUT2D eigenvalue weighted by Crippen LogP contribution is 2.19. The van der Waals surface area contributed by atoms with E-state index in [9.17, 15) is 4.79 Å². The van der Waals surface area contributed by atoms with Crippen molar-refractivity contribution >= 4 is 17.5 Å². The average Bonchev–Trinajstić information content (AvgIpc) is 2.72. The number of carbonyl (C=O) groups excluding carboxylic acids is 1. The van der Waals surface area contributed by atoms with E-state index in [0.29, 0.717) is 6.54 Å². The monoisotopic (exact) mass is 229 g/mol. The summed E-state index contributed by atoms with van der Waals surface area (Å²) in [6, 6.07) is 0. The normalized spacial score (nSPS) is 12.5. The number of nitrogens with zero attached hydrogens (tertiary/aromatic N) is 2. The van der Waals surface area contributed by atoms with Crippen LogP contribution < -0.4 is 5.32 Å². The van der Waals surface area contributed by atoms with Crippen LogP contribution in [-0.2, 0) is 11.3 Å². The van der Waals surface area contributed by atoms with Crippen LogP contribution in [0.4, 0.5) is 0 Å². The van der Waals surface area contributed by atoms with Gasteiger partial charge >= 0.3 is 0 Å². The first-order valence-electron chi connectivity index (χ1n) is 5.12. The highest BCUT2D eigenvalue weighted by atomic mass is 35.5. The zero-order valence-corrected chi connectivity index (χ0v) is 9.79. The molecule has 1 heterocycles. The van der Waals surface area contributed by atoms with Gasteiger partial charge in [0.05, 0.1) is 18.2 Å². The van der Waals surface area contributed by atoms with Gasteiger partial charge in [0, 0.05) is 13.1 Å². The molecule has 0 spiro atoms. The highest BCUT2D eigenvalue weighted by Gasteiger charge is 2.20. The summed E-state index contributed by atoms with van der Waals surface area (Å²) in [5.41, 5.74) is 0.743. The van der Waals surface area contributed by atoms with E-state index in [1.54, 1.807) is 12.5 Å². The molecule has 1 aromatic rings. The molecule has 0 saturated heterocycles. The minimum atomic E-state index is -0.654. The number of rotatable bonds is 5. The Morgan fingerprint density at radius 3 is 3.00 bits per heavy atom.